The van der Waals surface area contributed by atoms with Gasteiger partial charge in [-0.1, -0.05) is 0 Å². The Morgan fingerprint density at radius 1 is 1.33 bits per heavy atom. The van der Waals surface area contributed by atoms with Gasteiger partial charge < -0.3 is 11.6 Å². The van der Waals surface area contributed by atoms with E-state index in [0.717, 1.165) is 0 Å². The first-order valence-corrected chi connectivity index (χ1v) is 2.25. The van der Waals surface area contributed by atoms with E-state index in [9.17, 15) is 0 Å². The standard InChI is InChI=1S/CH2O3.K.H2O3S.H/c2-1(3)4;;1-4(2)3;/h(H2,2,3,4);;(H2,1,2,3);/q;+1;;-1. The van der Waals surface area contributed by atoms with Crippen LogP contribution in [0, 0.1) is 0 Å². The Morgan fingerprint density at radius 2 is 1.33 bits per heavy atom. The maximum Gasteiger partial charge on any atom is 1.00 e. The molecule has 0 spiro atoms. The van der Waals surface area contributed by atoms with Crippen molar-refractivity contribution in [3.63, 3.8) is 0 Å². The number of carbonyl (C=O) groups is 1. The summed E-state index contributed by atoms with van der Waals surface area (Å²) >= 11 is -2.61. The predicted molar refractivity (Wildman–Crippen MR) is 25.2 cm³/mol. The average Bonchev–Trinajstić information content (AvgIpc) is 1.25. The molecule has 6 nitrogen and oxygen atoms in total. The van der Waals surface area contributed by atoms with Gasteiger partial charge in [0.1, 0.15) is 0 Å². The van der Waals surface area contributed by atoms with Crippen LogP contribution < -0.4 is 51.4 Å². The Balaban J connectivity index is -0.0000000300. The molecule has 0 atom stereocenters. The summed E-state index contributed by atoms with van der Waals surface area (Å²) in [7, 11) is 0. The molecule has 0 rings (SSSR count). The van der Waals surface area contributed by atoms with Crippen molar-refractivity contribution in [2.24, 2.45) is 0 Å². The molecule has 0 aliphatic carbocycles. The Morgan fingerprint density at radius 3 is 1.33 bits per heavy atom. The Kier molecular flexibility index (Phi) is 21.5. The van der Waals surface area contributed by atoms with Crippen LogP contribution in [0.1, 0.15) is 1.43 Å². The van der Waals surface area contributed by atoms with Gasteiger partial charge in [0.05, 0.1) is 0 Å². The fraction of sp³-hybridized carbons (Fsp3) is 0. The molecule has 0 aromatic carbocycles. The van der Waals surface area contributed by atoms with Crippen molar-refractivity contribution < 1.29 is 81.1 Å². The van der Waals surface area contributed by atoms with Crippen LogP contribution in [0.25, 0.3) is 0 Å². The molecule has 0 aromatic rings. The zero-order valence-electron chi connectivity index (χ0n) is 5.51. The SMILES string of the molecule is O=C(O)O.O=S(O)O.[H-].[K+]. The molecule has 52 valence electrons. The number of hydrogen-bond acceptors (Lipinski definition) is 2. The molecule has 0 unspecified atom stereocenters. The third-order valence-corrected chi connectivity index (χ3v) is 0. The first kappa shape index (κ1) is 16.5. The second-order valence-electron chi connectivity index (χ2n) is 0.513. The molecule has 0 amide bonds. The van der Waals surface area contributed by atoms with E-state index in [0.29, 0.717) is 0 Å². The van der Waals surface area contributed by atoms with E-state index in [1.807, 2.05) is 0 Å². The molecular weight excluding hydrogens is 179 g/mol. The van der Waals surface area contributed by atoms with E-state index in [1.54, 1.807) is 0 Å². The molecule has 0 aliphatic rings. The summed E-state index contributed by atoms with van der Waals surface area (Å²) in [5.41, 5.74) is 0. The van der Waals surface area contributed by atoms with Gasteiger partial charge in [-0.25, -0.2) is 4.79 Å². The van der Waals surface area contributed by atoms with Gasteiger partial charge in [0.25, 0.3) is 11.4 Å². The quantitative estimate of drug-likeness (QED) is 0.236. The normalized spacial score (nSPS) is 6.56. The van der Waals surface area contributed by atoms with Gasteiger partial charge in [-0.2, -0.15) is 4.21 Å². The molecule has 0 bridgehead atoms. The van der Waals surface area contributed by atoms with E-state index in [1.165, 1.54) is 0 Å². The Bertz CT molecular complexity index is 75.7. The first-order valence-electron chi connectivity index (χ1n) is 1.18. The number of hydrogen-bond donors (Lipinski definition) is 4. The van der Waals surface area contributed by atoms with Crippen LogP contribution in [0.15, 0.2) is 0 Å². The van der Waals surface area contributed by atoms with Crippen molar-refractivity contribution in [3.05, 3.63) is 0 Å². The molecule has 0 saturated carbocycles. The van der Waals surface area contributed by atoms with Crippen LogP contribution in [-0.2, 0) is 11.4 Å². The van der Waals surface area contributed by atoms with Crippen LogP contribution >= 0.6 is 0 Å². The average molecular weight is 184 g/mol. The minimum Gasteiger partial charge on any atom is -1.00 e. The molecule has 0 fully saturated rings. The van der Waals surface area contributed by atoms with Crippen molar-refractivity contribution in [1.82, 2.24) is 0 Å². The van der Waals surface area contributed by atoms with E-state index in [-0.39, 0.29) is 52.8 Å². The van der Waals surface area contributed by atoms with E-state index >= 15 is 0 Å². The van der Waals surface area contributed by atoms with Crippen molar-refractivity contribution in [3.8, 4) is 0 Å². The van der Waals surface area contributed by atoms with Gasteiger partial charge in [0, 0.05) is 0 Å². The molecule has 0 heterocycles. The zero-order chi connectivity index (χ0) is 7.15. The molecule has 8 heteroatoms. The summed E-state index contributed by atoms with van der Waals surface area (Å²) in [5, 5.41) is 13.9. The molecule has 0 aromatic heterocycles. The summed E-state index contributed by atoms with van der Waals surface area (Å²) in [4.78, 5) is 8.56. The van der Waals surface area contributed by atoms with Gasteiger partial charge >= 0.3 is 57.5 Å². The molecule has 0 saturated heterocycles. The van der Waals surface area contributed by atoms with Crippen LogP contribution in [0.5, 0.6) is 0 Å². The van der Waals surface area contributed by atoms with E-state index < -0.39 is 17.5 Å². The summed E-state index contributed by atoms with van der Waals surface area (Å²) in [6.45, 7) is 0. The Hall–Kier alpha value is 0.976. The summed E-state index contributed by atoms with van der Waals surface area (Å²) < 4.78 is 22.8. The predicted octanol–water partition coefficient (Wildman–Crippen LogP) is -2.98. The zero-order valence-corrected chi connectivity index (χ0v) is 8.45. The van der Waals surface area contributed by atoms with Gasteiger partial charge in [0.15, 0.2) is 0 Å². The van der Waals surface area contributed by atoms with Gasteiger partial charge in [0.2, 0.25) is 0 Å². The maximum absolute atomic E-state index is 8.67. The minimum atomic E-state index is -2.61. The van der Waals surface area contributed by atoms with Crippen molar-refractivity contribution in [2.45, 2.75) is 0 Å². The van der Waals surface area contributed by atoms with Gasteiger partial charge in [-0.3, -0.25) is 9.11 Å². The summed E-state index contributed by atoms with van der Waals surface area (Å²) in [5.74, 6) is 0. The smallest absolute Gasteiger partial charge is 1.00 e. The molecule has 0 radical (unpaired) electrons. The topological polar surface area (TPSA) is 115 Å². The second kappa shape index (κ2) is 11.7. The number of carboxylic acid groups (broad SMARTS) is 2. The largest absolute Gasteiger partial charge is 1.00 e. The van der Waals surface area contributed by atoms with E-state index in [2.05, 4.69) is 0 Å². The maximum atomic E-state index is 8.67. The van der Waals surface area contributed by atoms with Crippen molar-refractivity contribution in [2.75, 3.05) is 0 Å². The van der Waals surface area contributed by atoms with Crippen LogP contribution in [0.4, 0.5) is 4.79 Å². The molecule has 9 heavy (non-hydrogen) atoms. The summed E-state index contributed by atoms with van der Waals surface area (Å²) in [6, 6.07) is 0. The number of rotatable bonds is 0. The van der Waals surface area contributed by atoms with Gasteiger partial charge in [-0.15, -0.1) is 0 Å². The monoisotopic (exact) mass is 184 g/mol. The molecule has 4 N–H and O–H groups in total. The Labute approximate surface area is 97.3 Å². The van der Waals surface area contributed by atoms with Crippen LogP contribution in [-0.4, -0.2) is 29.7 Å². The second-order valence-corrected chi connectivity index (χ2v) is 0.975. The first-order chi connectivity index (χ1) is 3.46. The fourth-order valence-electron chi connectivity index (χ4n) is 0. The van der Waals surface area contributed by atoms with E-state index in [4.69, 9.17) is 28.3 Å². The van der Waals surface area contributed by atoms with Gasteiger partial charge in [-0.05, 0) is 0 Å². The fourth-order valence-corrected chi connectivity index (χ4v) is 0. The third-order valence-electron chi connectivity index (χ3n) is 0. The summed E-state index contributed by atoms with van der Waals surface area (Å²) in [6.07, 6.45) is -1.83. The van der Waals surface area contributed by atoms with Crippen molar-refractivity contribution in [1.29, 1.82) is 0 Å². The minimum absolute atomic E-state index is 0. The van der Waals surface area contributed by atoms with Crippen molar-refractivity contribution >= 4 is 17.5 Å². The molecular formula is CH5KO6S. The van der Waals surface area contributed by atoms with Crippen LogP contribution in [0.2, 0.25) is 0 Å². The third kappa shape index (κ3) is 458. The van der Waals surface area contributed by atoms with Crippen LogP contribution in [0.3, 0.4) is 0 Å². The molecule has 0 aliphatic heterocycles.